The van der Waals surface area contributed by atoms with Gasteiger partial charge in [0.15, 0.2) is 5.75 Å². The standard InChI is InChI=1S/C16H11Cl2NO/c17-13-9-14(18)16(15-12(13)7-4-8-19-15)20-10-11-5-2-1-3-6-11/h1-9H,10H2. The lowest BCUT2D eigenvalue weighted by Crippen LogP contribution is -1.97. The molecule has 0 N–H and O–H groups in total. The molecule has 2 aromatic carbocycles. The second-order valence-corrected chi connectivity index (χ2v) is 5.16. The average molecular weight is 304 g/mol. The van der Waals surface area contributed by atoms with Gasteiger partial charge in [-0.1, -0.05) is 53.5 Å². The Morgan fingerprint density at radius 2 is 1.75 bits per heavy atom. The van der Waals surface area contributed by atoms with Gasteiger partial charge >= 0.3 is 0 Å². The largest absolute Gasteiger partial charge is 0.485 e. The summed E-state index contributed by atoms with van der Waals surface area (Å²) in [5.41, 5.74) is 1.75. The van der Waals surface area contributed by atoms with Crippen LogP contribution in [-0.4, -0.2) is 4.98 Å². The van der Waals surface area contributed by atoms with Gasteiger partial charge in [-0.3, -0.25) is 4.98 Å². The summed E-state index contributed by atoms with van der Waals surface area (Å²) in [7, 11) is 0. The number of ether oxygens (including phenoxy) is 1. The molecule has 1 aromatic heterocycles. The van der Waals surface area contributed by atoms with E-state index < -0.39 is 0 Å². The van der Waals surface area contributed by atoms with Crippen molar-refractivity contribution in [3.8, 4) is 5.75 Å². The van der Waals surface area contributed by atoms with Crippen LogP contribution in [0.1, 0.15) is 5.56 Å². The van der Waals surface area contributed by atoms with E-state index in [2.05, 4.69) is 4.98 Å². The van der Waals surface area contributed by atoms with Crippen LogP contribution in [0, 0.1) is 0 Å². The van der Waals surface area contributed by atoms with Crippen molar-refractivity contribution in [1.29, 1.82) is 0 Å². The normalized spacial score (nSPS) is 10.7. The molecule has 0 unspecified atom stereocenters. The maximum absolute atomic E-state index is 6.23. The molecule has 1 heterocycles. The number of benzene rings is 2. The molecule has 0 aliphatic carbocycles. The minimum atomic E-state index is 0.438. The van der Waals surface area contributed by atoms with Gasteiger partial charge < -0.3 is 4.74 Å². The summed E-state index contributed by atoms with van der Waals surface area (Å²) in [4.78, 5) is 4.32. The van der Waals surface area contributed by atoms with Crippen molar-refractivity contribution in [1.82, 2.24) is 4.98 Å². The van der Waals surface area contributed by atoms with Gasteiger partial charge in [0.1, 0.15) is 12.1 Å². The molecule has 0 saturated heterocycles. The lowest BCUT2D eigenvalue weighted by molar-refractivity contribution is 0.309. The van der Waals surface area contributed by atoms with Crippen molar-refractivity contribution in [2.45, 2.75) is 6.61 Å². The Morgan fingerprint density at radius 3 is 2.55 bits per heavy atom. The van der Waals surface area contributed by atoms with E-state index in [0.29, 0.717) is 27.9 Å². The van der Waals surface area contributed by atoms with Crippen molar-refractivity contribution < 1.29 is 4.74 Å². The van der Waals surface area contributed by atoms with E-state index in [-0.39, 0.29) is 0 Å². The summed E-state index contributed by atoms with van der Waals surface area (Å²) in [6.07, 6.45) is 1.70. The molecule has 0 aliphatic heterocycles. The summed E-state index contributed by atoms with van der Waals surface area (Å²) in [6, 6.07) is 15.3. The Labute approximate surface area is 126 Å². The van der Waals surface area contributed by atoms with E-state index >= 15 is 0 Å². The highest BCUT2D eigenvalue weighted by atomic mass is 35.5. The van der Waals surface area contributed by atoms with Gasteiger partial charge in [0.25, 0.3) is 0 Å². The molecule has 20 heavy (non-hydrogen) atoms. The molecule has 0 bridgehead atoms. The van der Waals surface area contributed by atoms with Crippen LogP contribution in [0.25, 0.3) is 10.9 Å². The fourth-order valence-electron chi connectivity index (χ4n) is 2.01. The predicted octanol–water partition coefficient (Wildman–Crippen LogP) is 5.12. The molecule has 0 atom stereocenters. The van der Waals surface area contributed by atoms with Crippen molar-refractivity contribution in [2.75, 3.05) is 0 Å². The molecule has 3 rings (SSSR count). The van der Waals surface area contributed by atoms with Crippen LogP contribution >= 0.6 is 23.2 Å². The number of nitrogens with zero attached hydrogens (tertiary/aromatic N) is 1. The molecule has 0 aliphatic rings. The number of aromatic nitrogens is 1. The number of pyridine rings is 1. The van der Waals surface area contributed by atoms with Crippen LogP contribution < -0.4 is 4.74 Å². The van der Waals surface area contributed by atoms with Gasteiger partial charge in [-0.15, -0.1) is 0 Å². The molecule has 0 spiro atoms. The van der Waals surface area contributed by atoms with Crippen LogP contribution in [0.3, 0.4) is 0 Å². The summed E-state index contributed by atoms with van der Waals surface area (Å²) >= 11 is 12.4. The molecular weight excluding hydrogens is 293 g/mol. The minimum absolute atomic E-state index is 0.438. The number of hydrogen-bond donors (Lipinski definition) is 0. The van der Waals surface area contributed by atoms with Crippen LogP contribution in [-0.2, 0) is 6.61 Å². The van der Waals surface area contributed by atoms with Crippen molar-refractivity contribution in [3.05, 3.63) is 70.3 Å². The Kier molecular flexibility index (Phi) is 3.77. The second kappa shape index (κ2) is 5.70. The molecular formula is C16H11Cl2NO. The van der Waals surface area contributed by atoms with Gasteiger partial charge in [-0.05, 0) is 23.8 Å². The molecule has 0 saturated carbocycles. The highest BCUT2D eigenvalue weighted by Crippen LogP contribution is 2.37. The lowest BCUT2D eigenvalue weighted by Gasteiger charge is -2.11. The van der Waals surface area contributed by atoms with Crippen LogP contribution in [0.5, 0.6) is 5.75 Å². The monoisotopic (exact) mass is 303 g/mol. The molecule has 0 fully saturated rings. The first kappa shape index (κ1) is 13.2. The third kappa shape index (κ3) is 2.58. The minimum Gasteiger partial charge on any atom is -0.485 e. The van der Waals surface area contributed by atoms with E-state index in [4.69, 9.17) is 27.9 Å². The topological polar surface area (TPSA) is 22.1 Å². The smallest absolute Gasteiger partial charge is 0.164 e. The maximum atomic E-state index is 6.23. The fraction of sp³-hybridized carbons (Fsp3) is 0.0625. The van der Waals surface area contributed by atoms with E-state index in [1.165, 1.54) is 0 Å². The van der Waals surface area contributed by atoms with Gasteiger partial charge in [0.05, 0.1) is 10.0 Å². The van der Waals surface area contributed by atoms with E-state index in [1.807, 2.05) is 42.5 Å². The van der Waals surface area contributed by atoms with Gasteiger partial charge in [0, 0.05) is 11.6 Å². The number of halogens is 2. The highest BCUT2D eigenvalue weighted by molar-refractivity contribution is 6.39. The van der Waals surface area contributed by atoms with Crippen LogP contribution in [0.4, 0.5) is 0 Å². The molecule has 0 radical (unpaired) electrons. The maximum Gasteiger partial charge on any atom is 0.164 e. The zero-order valence-electron chi connectivity index (χ0n) is 10.5. The average Bonchev–Trinajstić information content (AvgIpc) is 2.48. The van der Waals surface area contributed by atoms with Crippen molar-refractivity contribution in [3.63, 3.8) is 0 Å². The summed E-state index contributed by atoms with van der Waals surface area (Å²) in [5, 5.41) is 1.88. The number of hydrogen-bond acceptors (Lipinski definition) is 2. The number of fused-ring (bicyclic) bond motifs is 1. The lowest BCUT2D eigenvalue weighted by atomic mass is 10.2. The molecule has 3 aromatic rings. The van der Waals surface area contributed by atoms with E-state index in [9.17, 15) is 0 Å². The Hall–Kier alpha value is -1.77. The first-order valence-corrected chi connectivity index (χ1v) is 6.91. The first-order chi connectivity index (χ1) is 9.75. The van der Waals surface area contributed by atoms with Crippen molar-refractivity contribution in [2.24, 2.45) is 0 Å². The van der Waals surface area contributed by atoms with Crippen LogP contribution in [0.2, 0.25) is 10.0 Å². The highest BCUT2D eigenvalue weighted by Gasteiger charge is 2.12. The molecule has 100 valence electrons. The Bertz CT molecular complexity index is 744. The van der Waals surface area contributed by atoms with Crippen LogP contribution in [0.15, 0.2) is 54.7 Å². The first-order valence-electron chi connectivity index (χ1n) is 6.15. The van der Waals surface area contributed by atoms with Gasteiger partial charge in [0.2, 0.25) is 0 Å². The third-order valence-electron chi connectivity index (χ3n) is 2.98. The summed E-state index contributed by atoms with van der Waals surface area (Å²) < 4.78 is 5.84. The zero-order chi connectivity index (χ0) is 13.9. The molecule has 2 nitrogen and oxygen atoms in total. The summed E-state index contributed by atoms with van der Waals surface area (Å²) in [6.45, 7) is 0.438. The molecule has 4 heteroatoms. The quantitative estimate of drug-likeness (QED) is 0.670. The SMILES string of the molecule is Clc1cc(Cl)c2cccnc2c1OCc1ccccc1. The number of rotatable bonds is 3. The Balaban J connectivity index is 1.99. The fourth-order valence-corrected chi connectivity index (χ4v) is 2.58. The predicted molar refractivity (Wildman–Crippen MR) is 82.5 cm³/mol. The van der Waals surface area contributed by atoms with Gasteiger partial charge in [-0.2, -0.15) is 0 Å². The second-order valence-electron chi connectivity index (χ2n) is 4.34. The summed E-state index contributed by atoms with van der Waals surface area (Å²) in [5.74, 6) is 0.565. The molecule has 0 amide bonds. The zero-order valence-corrected chi connectivity index (χ0v) is 12.0. The van der Waals surface area contributed by atoms with E-state index in [1.54, 1.807) is 12.3 Å². The van der Waals surface area contributed by atoms with Gasteiger partial charge in [-0.25, -0.2) is 0 Å². The third-order valence-corrected chi connectivity index (χ3v) is 3.57. The van der Waals surface area contributed by atoms with Crippen molar-refractivity contribution >= 4 is 34.1 Å². The van der Waals surface area contributed by atoms with E-state index in [0.717, 1.165) is 10.9 Å². The Morgan fingerprint density at radius 1 is 0.950 bits per heavy atom.